The summed E-state index contributed by atoms with van der Waals surface area (Å²) in [5, 5.41) is 5.60. The fourth-order valence-corrected chi connectivity index (χ4v) is 4.17. The van der Waals surface area contributed by atoms with Crippen molar-refractivity contribution in [3.05, 3.63) is 82.6 Å². The molecule has 2 amide bonds. The predicted octanol–water partition coefficient (Wildman–Crippen LogP) is 5.54. The number of urea groups is 1. The maximum Gasteiger partial charge on any atom is 0.323 e. The van der Waals surface area contributed by atoms with Gasteiger partial charge < -0.3 is 10.6 Å². The number of hydrogen-bond donors (Lipinski definition) is 3. The molecule has 6 nitrogen and oxygen atoms in total. The summed E-state index contributed by atoms with van der Waals surface area (Å²) in [4.78, 5) is 12.3. The summed E-state index contributed by atoms with van der Waals surface area (Å²) in [5.74, 6) is -0.479. The van der Waals surface area contributed by atoms with E-state index in [1.54, 1.807) is 56.3 Å². The van der Waals surface area contributed by atoms with E-state index in [-0.39, 0.29) is 10.6 Å². The summed E-state index contributed by atoms with van der Waals surface area (Å²) in [6, 6.07) is 14.2. The fourth-order valence-electron chi connectivity index (χ4n) is 2.71. The molecule has 0 aliphatic rings. The molecule has 0 radical (unpaired) electrons. The third kappa shape index (κ3) is 5.28. The summed E-state index contributed by atoms with van der Waals surface area (Å²) in [5.41, 5.74) is 2.13. The van der Waals surface area contributed by atoms with Crippen molar-refractivity contribution < 1.29 is 17.6 Å². The number of nitrogens with one attached hydrogen (secondary N) is 3. The Morgan fingerprint density at radius 3 is 2.20 bits per heavy atom. The van der Waals surface area contributed by atoms with Crippen LogP contribution in [0.2, 0.25) is 5.02 Å². The fraction of sp³-hybridized carbons (Fsp3) is 0.0952. The summed E-state index contributed by atoms with van der Waals surface area (Å²) in [6.45, 7) is 3.38. The van der Waals surface area contributed by atoms with E-state index in [4.69, 9.17) is 11.6 Å². The Balaban J connectivity index is 1.79. The van der Waals surface area contributed by atoms with Crippen molar-refractivity contribution in [2.45, 2.75) is 18.7 Å². The van der Waals surface area contributed by atoms with E-state index in [2.05, 4.69) is 15.4 Å². The first-order chi connectivity index (χ1) is 14.1. The third-order valence-electron chi connectivity index (χ3n) is 4.28. The number of halogens is 2. The molecule has 0 saturated carbocycles. The molecule has 0 spiro atoms. The SMILES string of the molecule is Cc1ccc(F)cc1NC(=O)Nc1ccc(C)c(S(=O)(=O)Nc2ccc(Cl)cc2)c1. The smallest absolute Gasteiger partial charge is 0.308 e. The molecule has 0 aliphatic heterocycles. The van der Waals surface area contributed by atoms with Crippen LogP contribution in [-0.4, -0.2) is 14.4 Å². The van der Waals surface area contributed by atoms with Crippen molar-refractivity contribution in [3.63, 3.8) is 0 Å². The molecule has 0 aromatic heterocycles. The first-order valence-electron chi connectivity index (χ1n) is 8.87. The topological polar surface area (TPSA) is 87.3 Å². The van der Waals surface area contributed by atoms with Crippen molar-refractivity contribution in [2.75, 3.05) is 15.4 Å². The quantitative estimate of drug-likeness (QED) is 0.479. The first kappa shape index (κ1) is 21.6. The summed E-state index contributed by atoms with van der Waals surface area (Å²) in [7, 11) is -3.90. The Morgan fingerprint density at radius 1 is 0.867 bits per heavy atom. The molecule has 0 bridgehead atoms. The van der Waals surface area contributed by atoms with E-state index in [0.717, 1.165) is 0 Å². The van der Waals surface area contributed by atoms with Gasteiger partial charge in [0.05, 0.1) is 4.90 Å². The molecule has 0 aliphatic carbocycles. The first-order valence-corrected chi connectivity index (χ1v) is 10.7. The van der Waals surface area contributed by atoms with Crippen LogP contribution in [0.15, 0.2) is 65.6 Å². The number of amides is 2. The van der Waals surface area contributed by atoms with E-state index in [1.165, 1.54) is 18.2 Å². The molecule has 3 rings (SSSR count). The molecule has 3 aromatic carbocycles. The van der Waals surface area contributed by atoms with Crippen LogP contribution < -0.4 is 15.4 Å². The van der Waals surface area contributed by atoms with Crippen molar-refractivity contribution in [2.24, 2.45) is 0 Å². The van der Waals surface area contributed by atoms with Crippen LogP contribution in [0.4, 0.5) is 26.2 Å². The highest BCUT2D eigenvalue weighted by atomic mass is 35.5. The van der Waals surface area contributed by atoms with Gasteiger partial charge in [0, 0.05) is 22.1 Å². The van der Waals surface area contributed by atoms with Gasteiger partial charge in [0.25, 0.3) is 10.0 Å². The average molecular weight is 448 g/mol. The molecule has 0 fully saturated rings. The predicted molar refractivity (Wildman–Crippen MR) is 117 cm³/mol. The Hall–Kier alpha value is -3.10. The van der Waals surface area contributed by atoms with Gasteiger partial charge in [-0.2, -0.15) is 0 Å². The number of carbonyl (C=O) groups is 1. The minimum atomic E-state index is -3.90. The number of anilines is 3. The molecule has 3 aromatic rings. The van der Waals surface area contributed by atoms with Crippen LogP contribution in [0.3, 0.4) is 0 Å². The van der Waals surface area contributed by atoms with Crippen molar-refractivity contribution in [1.82, 2.24) is 0 Å². The lowest BCUT2D eigenvalue weighted by Crippen LogP contribution is -2.21. The molecular formula is C21H19ClFN3O3S. The normalized spacial score (nSPS) is 11.1. The van der Waals surface area contributed by atoms with E-state index < -0.39 is 21.9 Å². The van der Waals surface area contributed by atoms with E-state index in [0.29, 0.717) is 27.5 Å². The zero-order valence-electron chi connectivity index (χ0n) is 16.2. The monoisotopic (exact) mass is 447 g/mol. The zero-order valence-corrected chi connectivity index (χ0v) is 17.7. The van der Waals surface area contributed by atoms with E-state index in [1.807, 2.05) is 0 Å². The number of benzene rings is 3. The van der Waals surface area contributed by atoms with Gasteiger partial charge in [0.15, 0.2) is 0 Å². The Morgan fingerprint density at radius 2 is 1.50 bits per heavy atom. The standard InChI is InChI=1S/C21H19ClFN3O3S/c1-13-3-7-16(23)11-19(13)25-21(27)24-18-8-4-14(2)20(12-18)30(28,29)26-17-9-5-15(22)6-10-17/h3-12,26H,1-2H3,(H2,24,25,27). The lowest BCUT2D eigenvalue weighted by molar-refractivity contribution is 0.262. The van der Waals surface area contributed by atoms with Crippen molar-refractivity contribution >= 4 is 44.7 Å². The molecule has 0 unspecified atom stereocenters. The van der Waals surface area contributed by atoms with Crippen LogP contribution >= 0.6 is 11.6 Å². The van der Waals surface area contributed by atoms with Gasteiger partial charge in [0.1, 0.15) is 5.82 Å². The zero-order chi connectivity index (χ0) is 21.9. The van der Waals surface area contributed by atoms with Crippen LogP contribution in [0.5, 0.6) is 0 Å². The van der Waals surface area contributed by atoms with E-state index >= 15 is 0 Å². The molecule has 0 heterocycles. The van der Waals surface area contributed by atoms with Crippen LogP contribution in [-0.2, 0) is 10.0 Å². The number of aryl methyl sites for hydroxylation is 2. The second-order valence-electron chi connectivity index (χ2n) is 6.63. The molecule has 9 heteroatoms. The molecule has 0 saturated heterocycles. The van der Waals surface area contributed by atoms with Crippen LogP contribution in [0.25, 0.3) is 0 Å². The second-order valence-corrected chi connectivity index (χ2v) is 8.72. The lowest BCUT2D eigenvalue weighted by atomic mass is 10.2. The largest absolute Gasteiger partial charge is 0.323 e. The molecular weight excluding hydrogens is 429 g/mol. The summed E-state index contributed by atoms with van der Waals surface area (Å²) >= 11 is 5.83. The van der Waals surface area contributed by atoms with Gasteiger partial charge in [-0.3, -0.25) is 4.72 Å². The maximum absolute atomic E-state index is 13.4. The minimum absolute atomic E-state index is 0.0113. The molecule has 3 N–H and O–H groups in total. The Kier molecular flexibility index (Phi) is 6.28. The third-order valence-corrected chi connectivity index (χ3v) is 6.06. The van der Waals surface area contributed by atoms with Gasteiger partial charge in [-0.25, -0.2) is 17.6 Å². The second kappa shape index (κ2) is 8.73. The molecule has 156 valence electrons. The Bertz CT molecular complexity index is 1200. The van der Waals surface area contributed by atoms with Crippen LogP contribution in [0.1, 0.15) is 11.1 Å². The summed E-state index contributed by atoms with van der Waals surface area (Å²) < 4.78 is 41.5. The van der Waals surface area contributed by atoms with Gasteiger partial charge in [-0.15, -0.1) is 0 Å². The number of sulfonamides is 1. The van der Waals surface area contributed by atoms with Gasteiger partial charge in [0.2, 0.25) is 0 Å². The summed E-state index contributed by atoms with van der Waals surface area (Å²) in [6.07, 6.45) is 0. The molecule has 0 atom stereocenters. The van der Waals surface area contributed by atoms with Crippen LogP contribution in [0, 0.1) is 19.7 Å². The highest BCUT2D eigenvalue weighted by Gasteiger charge is 2.18. The molecule has 30 heavy (non-hydrogen) atoms. The van der Waals surface area contributed by atoms with Gasteiger partial charge >= 0.3 is 6.03 Å². The maximum atomic E-state index is 13.4. The van der Waals surface area contributed by atoms with Gasteiger partial charge in [-0.05, 0) is 73.5 Å². The highest BCUT2D eigenvalue weighted by molar-refractivity contribution is 7.92. The van der Waals surface area contributed by atoms with Gasteiger partial charge in [-0.1, -0.05) is 23.7 Å². The van der Waals surface area contributed by atoms with Crippen molar-refractivity contribution in [3.8, 4) is 0 Å². The number of rotatable bonds is 5. The average Bonchev–Trinajstić information content (AvgIpc) is 2.68. The lowest BCUT2D eigenvalue weighted by Gasteiger charge is -2.14. The van der Waals surface area contributed by atoms with E-state index in [9.17, 15) is 17.6 Å². The minimum Gasteiger partial charge on any atom is -0.308 e. The number of hydrogen-bond acceptors (Lipinski definition) is 3. The Labute approximate surface area is 179 Å². The highest BCUT2D eigenvalue weighted by Crippen LogP contribution is 2.24. The van der Waals surface area contributed by atoms with Crippen molar-refractivity contribution in [1.29, 1.82) is 0 Å². The number of carbonyl (C=O) groups excluding carboxylic acids is 1.